The third-order valence-corrected chi connectivity index (χ3v) is 4.37. The van der Waals surface area contributed by atoms with E-state index in [2.05, 4.69) is 32.0 Å². The van der Waals surface area contributed by atoms with Gasteiger partial charge < -0.3 is 4.74 Å². The lowest BCUT2D eigenvalue weighted by molar-refractivity contribution is 0.106. The number of ether oxygens (including phenoxy) is 1. The van der Waals surface area contributed by atoms with Crippen LogP contribution in [0.5, 0.6) is 0 Å². The van der Waals surface area contributed by atoms with E-state index in [-0.39, 0.29) is 0 Å². The van der Waals surface area contributed by atoms with Gasteiger partial charge in [-0.3, -0.25) is 0 Å². The summed E-state index contributed by atoms with van der Waals surface area (Å²) in [6.45, 7) is 6.27. The number of hydrogen-bond acceptors (Lipinski definition) is 1. The second-order valence-electron chi connectivity index (χ2n) is 6.94. The highest BCUT2D eigenvalue weighted by molar-refractivity contribution is 5.33. The summed E-state index contributed by atoms with van der Waals surface area (Å²) in [5.41, 5.74) is 4.78. The second kappa shape index (κ2) is 9.25. The summed E-state index contributed by atoms with van der Waals surface area (Å²) in [5, 5.41) is 0. The molecule has 0 saturated carbocycles. The van der Waals surface area contributed by atoms with E-state index in [9.17, 15) is 0 Å². The van der Waals surface area contributed by atoms with Crippen molar-refractivity contribution >= 4 is 0 Å². The highest BCUT2D eigenvalue weighted by Crippen LogP contribution is 2.23. The molecule has 0 aliphatic heterocycles. The van der Waals surface area contributed by atoms with Crippen LogP contribution in [0.15, 0.2) is 18.2 Å². The Kier molecular flexibility index (Phi) is 7.29. The Labute approximate surface area is 131 Å². The highest BCUT2D eigenvalue weighted by Gasteiger charge is 2.09. The van der Waals surface area contributed by atoms with Gasteiger partial charge in [0.1, 0.15) is 0 Å². The number of aryl methyl sites for hydroxylation is 3. The molecule has 0 radical (unpaired) electrons. The highest BCUT2D eigenvalue weighted by atomic mass is 16.5. The molecule has 1 aliphatic rings. The second-order valence-corrected chi connectivity index (χ2v) is 6.94. The van der Waals surface area contributed by atoms with Gasteiger partial charge in [-0.05, 0) is 67.6 Å². The number of fused-ring (bicyclic) bond motifs is 1. The van der Waals surface area contributed by atoms with Crippen molar-refractivity contribution in [3.05, 3.63) is 34.9 Å². The summed E-state index contributed by atoms with van der Waals surface area (Å²) in [6, 6.07) is 7.21. The molecule has 1 heteroatoms. The van der Waals surface area contributed by atoms with Gasteiger partial charge in [0.2, 0.25) is 0 Å². The Bertz CT molecular complexity index is 408. The van der Waals surface area contributed by atoms with E-state index in [0.29, 0.717) is 5.92 Å². The maximum absolute atomic E-state index is 5.62. The first-order valence-corrected chi connectivity index (χ1v) is 8.94. The molecule has 0 aromatic heterocycles. The van der Waals surface area contributed by atoms with Crippen LogP contribution in [-0.4, -0.2) is 13.2 Å². The molecule has 0 saturated heterocycles. The van der Waals surface area contributed by atoms with Crippen LogP contribution >= 0.6 is 0 Å². The molecule has 0 spiro atoms. The molecule has 1 aromatic rings. The molecular formula is C20H32O. The summed E-state index contributed by atoms with van der Waals surface area (Å²) in [5.74, 6) is 0.661. The normalized spacial score (nSPS) is 14.4. The third kappa shape index (κ3) is 6.22. The maximum atomic E-state index is 5.62. The van der Waals surface area contributed by atoms with Crippen molar-refractivity contribution in [3.63, 3.8) is 0 Å². The van der Waals surface area contributed by atoms with Gasteiger partial charge in [-0.1, -0.05) is 44.9 Å². The minimum Gasteiger partial charge on any atom is -0.381 e. The van der Waals surface area contributed by atoms with Crippen molar-refractivity contribution in [1.82, 2.24) is 0 Å². The molecule has 0 atom stereocenters. The molecule has 0 N–H and O–H groups in total. The lowest BCUT2D eigenvalue weighted by Crippen LogP contribution is -2.03. The van der Waals surface area contributed by atoms with Gasteiger partial charge in [-0.2, -0.15) is 0 Å². The van der Waals surface area contributed by atoms with Gasteiger partial charge in [0.05, 0.1) is 0 Å². The van der Waals surface area contributed by atoms with Crippen LogP contribution in [0, 0.1) is 5.92 Å². The average Bonchev–Trinajstić information content (AvgIpc) is 2.49. The van der Waals surface area contributed by atoms with Gasteiger partial charge in [0.15, 0.2) is 0 Å². The minimum absolute atomic E-state index is 0.661. The number of rotatable bonds is 9. The fraction of sp³-hybridized carbons (Fsp3) is 0.700. The van der Waals surface area contributed by atoms with Gasteiger partial charge in [-0.15, -0.1) is 0 Å². The molecule has 2 rings (SSSR count). The van der Waals surface area contributed by atoms with Crippen LogP contribution in [0.3, 0.4) is 0 Å². The molecule has 1 aromatic carbocycles. The zero-order valence-corrected chi connectivity index (χ0v) is 14.0. The topological polar surface area (TPSA) is 9.23 Å². The zero-order chi connectivity index (χ0) is 14.9. The Morgan fingerprint density at radius 2 is 1.71 bits per heavy atom. The zero-order valence-electron chi connectivity index (χ0n) is 14.0. The molecule has 0 heterocycles. The SMILES string of the molecule is CC(C)COCCCCCCc1ccc2c(c1)CCCC2. The fourth-order valence-electron chi connectivity index (χ4n) is 3.15. The average molecular weight is 288 g/mol. The van der Waals surface area contributed by atoms with E-state index >= 15 is 0 Å². The molecule has 0 fully saturated rings. The van der Waals surface area contributed by atoms with E-state index in [1.807, 2.05) is 0 Å². The quantitative estimate of drug-likeness (QED) is 0.557. The Hall–Kier alpha value is -0.820. The fourth-order valence-corrected chi connectivity index (χ4v) is 3.15. The molecule has 1 aliphatic carbocycles. The monoisotopic (exact) mass is 288 g/mol. The third-order valence-electron chi connectivity index (χ3n) is 4.37. The molecule has 1 nitrogen and oxygen atoms in total. The molecule has 21 heavy (non-hydrogen) atoms. The minimum atomic E-state index is 0.661. The van der Waals surface area contributed by atoms with Crippen molar-refractivity contribution in [2.45, 2.75) is 71.6 Å². The molecule has 0 amide bonds. The van der Waals surface area contributed by atoms with Crippen LogP contribution in [0.1, 0.15) is 69.1 Å². The van der Waals surface area contributed by atoms with Gasteiger partial charge in [-0.25, -0.2) is 0 Å². The summed E-state index contributed by atoms with van der Waals surface area (Å²) in [4.78, 5) is 0. The summed E-state index contributed by atoms with van der Waals surface area (Å²) < 4.78 is 5.62. The van der Waals surface area contributed by atoms with Crippen LogP contribution in [-0.2, 0) is 24.0 Å². The lowest BCUT2D eigenvalue weighted by atomic mass is 9.89. The largest absolute Gasteiger partial charge is 0.381 e. The van der Waals surface area contributed by atoms with Crippen molar-refractivity contribution in [2.24, 2.45) is 5.92 Å². The lowest BCUT2D eigenvalue weighted by Gasteiger charge is -2.16. The van der Waals surface area contributed by atoms with Crippen LogP contribution in [0.4, 0.5) is 0 Å². The van der Waals surface area contributed by atoms with Crippen molar-refractivity contribution in [2.75, 3.05) is 13.2 Å². The molecule has 0 unspecified atom stereocenters. The van der Waals surface area contributed by atoms with E-state index in [4.69, 9.17) is 4.74 Å². The smallest absolute Gasteiger partial charge is 0.0488 e. The number of unbranched alkanes of at least 4 members (excludes halogenated alkanes) is 3. The summed E-state index contributed by atoms with van der Waals surface area (Å²) in [7, 11) is 0. The van der Waals surface area contributed by atoms with Gasteiger partial charge >= 0.3 is 0 Å². The summed E-state index contributed by atoms with van der Waals surface area (Å²) >= 11 is 0. The number of hydrogen-bond donors (Lipinski definition) is 0. The Morgan fingerprint density at radius 3 is 2.52 bits per heavy atom. The van der Waals surface area contributed by atoms with E-state index in [1.54, 1.807) is 16.7 Å². The first-order chi connectivity index (χ1) is 10.3. The number of benzene rings is 1. The molecule has 118 valence electrons. The van der Waals surface area contributed by atoms with Crippen molar-refractivity contribution in [1.29, 1.82) is 0 Å². The maximum Gasteiger partial charge on any atom is 0.0488 e. The first kappa shape index (κ1) is 16.5. The first-order valence-electron chi connectivity index (χ1n) is 8.94. The van der Waals surface area contributed by atoms with Gasteiger partial charge in [0, 0.05) is 13.2 Å². The van der Waals surface area contributed by atoms with Crippen molar-refractivity contribution in [3.8, 4) is 0 Å². The molecule has 0 bridgehead atoms. The van der Waals surface area contributed by atoms with Crippen molar-refractivity contribution < 1.29 is 4.74 Å². The Balaban J connectivity index is 1.56. The standard InChI is InChI=1S/C20H32O/c1-17(2)16-21-14-8-4-3-5-9-18-12-13-19-10-6-7-11-20(19)15-18/h12-13,15,17H,3-11,14,16H2,1-2H3. The van der Waals surface area contributed by atoms with Crippen LogP contribution in [0.25, 0.3) is 0 Å². The van der Waals surface area contributed by atoms with Crippen LogP contribution < -0.4 is 0 Å². The van der Waals surface area contributed by atoms with E-state index < -0.39 is 0 Å². The van der Waals surface area contributed by atoms with E-state index in [1.165, 1.54) is 57.8 Å². The van der Waals surface area contributed by atoms with Crippen LogP contribution in [0.2, 0.25) is 0 Å². The Morgan fingerprint density at radius 1 is 0.952 bits per heavy atom. The predicted octanol–water partition coefficient (Wildman–Crippen LogP) is 5.34. The predicted molar refractivity (Wildman–Crippen MR) is 90.9 cm³/mol. The molecular weight excluding hydrogens is 256 g/mol. The van der Waals surface area contributed by atoms with Gasteiger partial charge in [0.25, 0.3) is 0 Å². The van der Waals surface area contributed by atoms with E-state index in [0.717, 1.165) is 13.2 Å². The summed E-state index contributed by atoms with van der Waals surface area (Å²) in [6.07, 6.45) is 11.8.